The predicted molar refractivity (Wildman–Crippen MR) is 75.5 cm³/mol. The van der Waals surface area contributed by atoms with Gasteiger partial charge in [-0.3, -0.25) is 0 Å². The summed E-state index contributed by atoms with van der Waals surface area (Å²) in [5.74, 6) is -0.894. The van der Waals surface area contributed by atoms with Gasteiger partial charge in [-0.25, -0.2) is 4.79 Å². The Morgan fingerprint density at radius 1 is 1.47 bits per heavy atom. The van der Waals surface area contributed by atoms with Crippen LogP contribution in [0.5, 0.6) is 0 Å². The summed E-state index contributed by atoms with van der Waals surface area (Å²) in [5.41, 5.74) is 2.21. The van der Waals surface area contributed by atoms with Gasteiger partial charge in [0.15, 0.2) is 0 Å². The molecule has 0 amide bonds. The van der Waals surface area contributed by atoms with Crippen molar-refractivity contribution in [2.75, 3.05) is 0 Å². The number of hydrogen-bond donors (Lipinski definition) is 2. The van der Waals surface area contributed by atoms with E-state index in [1.165, 1.54) is 0 Å². The molecule has 0 radical (unpaired) electrons. The summed E-state index contributed by atoms with van der Waals surface area (Å²) in [7, 11) is 0. The molecule has 0 saturated heterocycles. The van der Waals surface area contributed by atoms with Gasteiger partial charge in [0.2, 0.25) is 0 Å². The van der Waals surface area contributed by atoms with Gasteiger partial charge in [-0.1, -0.05) is 12.1 Å². The Morgan fingerprint density at radius 2 is 2.16 bits per heavy atom. The molecule has 2 N–H and O–H groups in total. The zero-order valence-corrected chi connectivity index (χ0v) is 12.2. The van der Waals surface area contributed by atoms with Crippen molar-refractivity contribution >= 4 is 17.3 Å². The van der Waals surface area contributed by atoms with Crippen LogP contribution in [0.3, 0.4) is 0 Å². The molecular weight excluding hydrogens is 262 g/mol. The first-order valence-electron chi connectivity index (χ1n) is 6.34. The molecule has 1 aliphatic rings. The first kappa shape index (κ1) is 14.4. The quantitative estimate of drug-likeness (QED) is 0.835. The Morgan fingerprint density at radius 3 is 2.74 bits per heavy atom. The van der Waals surface area contributed by atoms with Crippen molar-refractivity contribution in [1.82, 2.24) is 4.72 Å². The second kappa shape index (κ2) is 5.15. The molecular formula is C14H19NO3S. The number of fused-ring (bicyclic) bond motifs is 1. The lowest BCUT2D eigenvalue weighted by molar-refractivity contribution is 0.0696. The second-order valence-electron chi connectivity index (χ2n) is 5.77. The van der Waals surface area contributed by atoms with E-state index in [4.69, 9.17) is 5.11 Å². The van der Waals surface area contributed by atoms with E-state index >= 15 is 0 Å². The molecule has 1 aliphatic carbocycles. The fraction of sp³-hybridized carbons (Fsp3) is 0.500. The van der Waals surface area contributed by atoms with Gasteiger partial charge in [0, 0.05) is 11.4 Å². The van der Waals surface area contributed by atoms with Gasteiger partial charge >= 0.3 is 5.97 Å². The number of nitrogens with one attached hydrogen (secondary N) is 1. The molecule has 4 nitrogen and oxygen atoms in total. The standard InChI is InChI=1S/C14H19NO3S/c1-14(2,3)19(18)15-12-8-7-9-10(12)5-4-6-11(9)13(16)17/h4-6,12,15H,7-8H2,1-3H3,(H,16,17)/t12-,19-/m0/s1. The normalized spacial score (nSPS) is 20.1. The maximum atomic E-state index is 12.1. The first-order chi connectivity index (χ1) is 8.80. The molecule has 0 heterocycles. The summed E-state index contributed by atoms with van der Waals surface area (Å²) in [6.07, 6.45) is 1.51. The molecule has 0 bridgehead atoms. The van der Waals surface area contributed by atoms with E-state index in [9.17, 15) is 9.35 Å². The molecule has 0 aliphatic heterocycles. The molecule has 5 heteroatoms. The van der Waals surface area contributed by atoms with E-state index in [0.717, 1.165) is 24.0 Å². The first-order valence-corrected chi connectivity index (χ1v) is 7.49. The van der Waals surface area contributed by atoms with Gasteiger partial charge in [0.1, 0.15) is 4.75 Å². The minimum absolute atomic E-state index is 0.0191. The van der Waals surface area contributed by atoms with Crippen molar-refractivity contribution in [2.45, 2.75) is 44.4 Å². The van der Waals surface area contributed by atoms with Crippen molar-refractivity contribution in [3.63, 3.8) is 0 Å². The molecule has 2 atom stereocenters. The van der Waals surface area contributed by atoms with Crippen LogP contribution in [0.2, 0.25) is 0 Å². The van der Waals surface area contributed by atoms with Crippen LogP contribution in [0.1, 0.15) is 54.7 Å². The third-order valence-electron chi connectivity index (χ3n) is 3.31. The molecule has 2 rings (SSSR count). The smallest absolute Gasteiger partial charge is 0.335 e. The number of benzene rings is 1. The maximum Gasteiger partial charge on any atom is 0.335 e. The second-order valence-corrected chi connectivity index (χ2v) is 7.77. The van der Waals surface area contributed by atoms with Crippen molar-refractivity contribution in [3.8, 4) is 0 Å². The van der Waals surface area contributed by atoms with Crippen LogP contribution >= 0.6 is 0 Å². The van der Waals surface area contributed by atoms with E-state index in [-0.39, 0.29) is 10.8 Å². The fourth-order valence-electron chi connectivity index (χ4n) is 2.28. The molecule has 0 aromatic heterocycles. The average molecular weight is 281 g/mol. The number of rotatable bonds is 3. The summed E-state index contributed by atoms with van der Waals surface area (Å²) in [5, 5.41) is 9.17. The monoisotopic (exact) mass is 281 g/mol. The zero-order valence-electron chi connectivity index (χ0n) is 11.4. The average Bonchev–Trinajstić information content (AvgIpc) is 2.71. The van der Waals surface area contributed by atoms with Crippen molar-refractivity contribution in [1.29, 1.82) is 0 Å². The maximum absolute atomic E-state index is 12.1. The molecule has 1 aromatic carbocycles. The van der Waals surface area contributed by atoms with Crippen molar-refractivity contribution in [3.05, 3.63) is 34.9 Å². The Balaban J connectivity index is 2.23. The minimum Gasteiger partial charge on any atom is -0.598 e. The number of carboxylic acids is 1. The number of carbonyl (C=O) groups is 1. The van der Waals surface area contributed by atoms with Crippen LogP contribution < -0.4 is 4.72 Å². The van der Waals surface area contributed by atoms with Crippen LogP contribution in [-0.4, -0.2) is 20.4 Å². The third-order valence-corrected chi connectivity index (χ3v) is 4.92. The van der Waals surface area contributed by atoms with Crippen LogP contribution in [0.4, 0.5) is 0 Å². The lowest BCUT2D eigenvalue weighted by Crippen LogP contribution is -2.40. The van der Waals surface area contributed by atoms with Gasteiger partial charge in [-0.2, -0.15) is 0 Å². The highest BCUT2D eigenvalue weighted by Crippen LogP contribution is 2.34. The highest BCUT2D eigenvalue weighted by molar-refractivity contribution is 7.90. The van der Waals surface area contributed by atoms with Gasteiger partial charge in [0.25, 0.3) is 0 Å². The summed E-state index contributed by atoms with van der Waals surface area (Å²) in [4.78, 5) is 11.2. The summed E-state index contributed by atoms with van der Waals surface area (Å²) >= 11 is -1.15. The summed E-state index contributed by atoms with van der Waals surface area (Å²) in [6, 6.07) is 5.29. The number of hydrogen-bond acceptors (Lipinski definition) is 3. The summed E-state index contributed by atoms with van der Waals surface area (Å²) in [6.45, 7) is 5.75. The fourth-order valence-corrected chi connectivity index (χ4v) is 3.14. The highest BCUT2D eigenvalue weighted by Gasteiger charge is 2.34. The number of carboxylic acid groups (broad SMARTS) is 1. The Kier molecular flexibility index (Phi) is 3.90. The van der Waals surface area contributed by atoms with Crippen molar-refractivity contribution in [2.24, 2.45) is 0 Å². The molecule has 104 valence electrons. The third kappa shape index (κ3) is 2.94. The minimum atomic E-state index is -1.15. The SMILES string of the molecule is CC(C)(C)[S@+]([O-])N[C@H]1CCc2c(C(=O)O)cccc21. The van der Waals surface area contributed by atoms with E-state index in [1.54, 1.807) is 12.1 Å². The number of aromatic carboxylic acids is 1. The van der Waals surface area contributed by atoms with Crippen LogP contribution in [-0.2, 0) is 17.8 Å². The lowest BCUT2D eigenvalue weighted by atomic mass is 10.0. The van der Waals surface area contributed by atoms with E-state index < -0.39 is 17.3 Å². The molecule has 0 spiro atoms. The largest absolute Gasteiger partial charge is 0.598 e. The Labute approximate surface area is 116 Å². The van der Waals surface area contributed by atoms with Crippen molar-refractivity contribution < 1.29 is 14.5 Å². The molecule has 0 saturated carbocycles. The molecule has 0 unspecified atom stereocenters. The van der Waals surface area contributed by atoms with Gasteiger partial charge in [-0.15, -0.1) is 4.72 Å². The Hall–Kier alpha value is -1.04. The molecule has 19 heavy (non-hydrogen) atoms. The lowest BCUT2D eigenvalue weighted by Gasteiger charge is -2.26. The van der Waals surface area contributed by atoms with E-state index in [1.807, 2.05) is 26.8 Å². The van der Waals surface area contributed by atoms with Gasteiger partial charge in [0.05, 0.1) is 11.6 Å². The van der Waals surface area contributed by atoms with Gasteiger partial charge in [-0.05, 0) is 50.8 Å². The molecule has 1 aromatic rings. The topological polar surface area (TPSA) is 72.4 Å². The van der Waals surface area contributed by atoms with E-state index in [0.29, 0.717) is 5.56 Å². The van der Waals surface area contributed by atoms with Crippen LogP contribution in [0, 0.1) is 0 Å². The highest BCUT2D eigenvalue weighted by atomic mass is 32.2. The van der Waals surface area contributed by atoms with E-state index in [2.05, 4.69) is 4.72 Å². The van der Waals surface area contributed by atoms with Crippen LogP contribution in [0.15, 0.2) is 18.2 Å². The predicted octanol–water partition coefficient (Wildman–Crippen LogP) is 2.42. The van der Waals surface area contributed by atoms with Crippen LogP contribution in [0.25, 0.3) is 0 Å². The van der Waals surface area contributed by atoms with Gasteiger partial charge < -0.3 is 9.66 Å². The summed E-state index contributed by atoms with van der Waals surface area (Å²) < 4.78 is 14.9. The molecule has 0 fully saturated rings. The zero-order chi connectivity index (χ0) is 14.2. The Bertz CT molecular complexity index is 496.